The lowest BCUT2D eigenvalue weighted by Crippen LogP contribution is -2.28. The van der Waals surface area contributed by atoms with Gasteiger partial charge in [-0.1, -0.05) is 28.1 Å². The molecule has 0 heterocycles. The summed E-state index contributed by atoms with van der Waals surface area (Å²) in [5.74, 6) is -0.329. The predicted molar refractivity (Wildman–Crippen MR) is 65.3 cm³/mol. The molecule has 0 aliphatic heterocycles. The molecular formula is C12H15BrO3. The minimum Gasteiger partial charge on any atom is -0.467 e. The maximum Gasteiger partial charge on any atom is 0.335 e. The lowest BCUT2D eigenvalue weighted by Gasteiger charge is -2.14. The largest absolute Gasteiger partial charge is 0.467 e. The van der Waals surface area contributed by atoms with E-state index in [1.807, 2.05) is 31.2 Å². The highest BCUT2D eigenvalue weighted by Gasteiger charge is 2.19. The number of benzene rings is 1. The number of methoxy groups -OCH3 is 1. The first kappa shape index (κ1) is 13.2. The van der Waals surface area contributed by atoms with Crippen molar-refractivity contribution in [2.45, 2.75) is 19.4 Å². The fourth-order valence-corrected chi connectivity index (χ4v) is 1.64. The van der Waals surface area contributed by atoms with Gasteiger partial charge in [-0.05, 0) is 24.6 Å². The van der Waals surface area contributed by atoms with Crippen LogP contribution in [0.5, 0.6) is 0 Å². The van der Waals surface area contributed by atoms with Crippen LogP contribution in [-0.4, -0.2) is 25.8 Å². The van der Waals surface area contributed by atoms with E-state index in [2.05, 4.69) is 20.7 Å². The van der Waals surface area contributed by atoms with E-state index in [9.17, 15) is 4.79 Å². The molecule has 1 rings (SSSR count). The van der Waals surface area contributed by atoms with E-state index in [1.54, 1.807) is 0 Å². The van der Waals surface area contributed by atoms with Crippen LogP contribution in [0.1, 0.15) is 12.5 Å². The number of hydrogen-bond acceptors (Lipinski definition) is 3. The number of carbonyl (C=O) groups is 1. The monoisotopic (exact) mass is 286 g/mol. The molecule has 1 aromatic carbocycles. The van der Waals surface area contributed by atoms with Gasteiger partial charge in [-0.2, -0.15) is 0 Å². The summed E-state index contributed by atoms with van der Waals surface area (Å²) in [6.45, 7) is 2.35. The third kappa shape index (κ3) is 3.94. The number of esters is 1. The van der Waals surface area contributed by atoms with Crippen molar-refractivity contribution in [3.05, 3.63) is 34.3 Å². The minimum absolute atomic E-state index is 0.329. The van der Waals surface area contributed by atoms with E-state index in [4.69, 9.17) is 4.74 Å². The first-order valence-electron chi connectivity index (χ1n) is 5.11. The lowest BCUT2D eigenvalue weighted by molar-refractivity contribution is -0.153. The number of halogens is 1. The Labute approximate surface area is 104 Å². The second kappa shape index (κ2) is 6.66. The molecule has 4 heteroatoms. The summed E-state index contributed by atoms with van der Waals surface area (Å²) < 4.78 is 11.0. The topological polar surface area (TPSA) is 35.5 Å². The third-order valence-corrected chi connectivity index (χ3v) is 2.69. The molecule has 0 saturated carbocycles. The van der Waals surface area contributed by atoms with Crippen molar-refractivity contribution in [2.75, 3.05) is 13.7 Å². The summed E-state index contributed by atoms with van der Waals surface area (Å²) in [5.41, 5.74) is 1.05. The Morgan fingerprint density at radius 1 is 1.38 bits per heavy atom. The van der Waals surface area contributed by atoms with E-state index < -0.39 is 6.10 Å². The van der Waals surface area contributed by atoms with Gasteiger partial charge in [-0.15, -0.1) is 0 Å². The molecule has 0 aliphatic rings. The molecule has 16 heavy (non-hydrogen) atoms. The van der Waals surface area contributed by atoms with Crippen LogP contribution in [0.2, 0.25) is 0 Å². The van der Waals surface area contributed by atoms with Gasteiger partial charge in [0.05, 0.1) is 7.11 Å². The van der Waals surface area contributed by atoms with Crippen LogP contribution < -0.4 is 0 Å². The molecule has 0 aliphatic carbocycles. The number of rotatable bonds is 5. The van der Waals surface area contributed by atoms with E-state index in [-0.39, 0.29) is 5.97 Å². The van der Waals surface area contributed by atoms with Crippen LogP contribution in [0.4, 0.5) is 0 Å². The Bertz CT molecular complexity index is 335. The van der Waals surface area contributed by atoms with Crippen molar-refractivity contribution in [3.8, 4) is 0 Å². The second-order valence-electron chi connectivity index (χ2n) is 3.30. The molecule has 0 fully saturated rings. The Balaban J connectivity index is 2.67. The molecule has 1 aromatic rings. The summed E-state index contributed by atoms with van der Waals surface area (Å²) in [5, 5.41) is 0. The summed E-state index contributed by atoms with van der Waals surface area (Å²) in [7, 11) is 1.37. The van der Waals surface area contributed by atoms with E-state index >= 15 is 0 Å². The van der Waals surface area contributed by atoms with Gasteiger partial charge in [0.2, 0.25) is 0 Å². The van der Waals surface area contributed by atoms with Crippen LogP contribution in [0.25, 0.3) is 0 Å². The van der Waals surface area contributed by atoms with Crippen molar-refractivity contribution in [2.24, 2.45) is 0 Å². The van der Waals surface area contributed by atoms with E-state index in [0.29, 0.717) is 13.0 Å². The zero-order chi connectivity index (χ0) is 12.0. The Kier molecular flexibility index (Phi) is 5.49. The molecule has 0 aromatic heterocycles. The molecule has 1 unspecified atom stereocenters. The average Bonchev–Trinajstić information content (AvgIpc) is 2.30. The minimum atomic E-state index is -0.517. The van der Waals surface area contributed by atoms with Crippen molar-refractivity contribution in [3.63, 3.8) is 0 Å². The molecule has 0 N–H and O–H groups in total. The van der Waals surface area contributed by atoms with Gasteiger partial charge in [0, 0.05) is 17.5 Å². The van der Waals surface area contributed by atoms with Crippen LogP contribution in [0.3, 0.4) is 0 Å². The standard InChI is InChI=1S/C12H15BrO3/c1-3-16-11(12(14)15-2)8-9-4-6-10(13)7-5-9/h4-7,11H,3,8H2,1-2H3. The van der Waals surface area contributed by atoms with Crippen LogP contribution in [-0.2, 0) is 20.7 Å². The van der Waals surface area contributed by atoms with Crippen molar-refractivity contribution in [1.82, 2.24) is 0 Å². The second-order valence-corrected chi connectivity index (χ2v) is 4.21. The van der Waals surface area contributed by atoms with Gasteiger partial charge in [0.15, 0.2) is 6.10 Å². The number of carbonyl (C=O) groups excluding carboxylic acids is 1. The van der Waals surface area contributed by atoms with Gasteiger partial charge in [0.1, 0.15) is 0 Å². The highest BCUT2D eigenvalue weighted by Crippen LogP contribution is 2.13. The van der Waals surface area contributed by atoms with E-state index in [0.717, 1.165) is 10.0 Å². The fourth-order valence-electron chi connectivity index (χ4n) is 1.38. The molecule has 3 nitrogen and oxygen atoms in total. The average molecular weight is 287 g/mol. The fraction of sp³-hybridized carbons (Fsp3) is 0.417. The molecule has 0 spiro atoms. The zero-order valence-electron chi connectivity index (χ0n) is 9.40. The highest BCUT2D eigenvalue weighted by atomic mass is 79.9. The zero-order valence-corrected chi connectivity index (χ0v) is 11.0. The predicted octanol–water partition coefficient (Wildman–Crippen LogP) is 2.57. The molecule has 0 saturated heterocycles. The van der Waals surface area contributed by atoms with Gasteiger partial charge in [0.25, 0.3) is 0 Å². The molecule has 0 amide bonds. The first-order chi connectivity index (χ1) is 7.67. The first-order valence-corrected chi connectivity index (χ1v) is 5.90. The van der Waals surface area contributed by atoms with Crippen LogP contribution >= 0.6 is 15.9 Å². The summed E-state index contributed by atoms with van der Waals surface area (Å²) >= 11 is 3.36. The van der Waals surface area contributed by atoms with Crippen molar-refractivity contribution >= 4 is 21.9 Å². The molecule has 1 atom stereocenters. The van der Waals surface area contributed by atoms with Gasteiger partial charge in [-0.25, -0.2) is 4.79 Å². The van der Waals surface area contributed by atoms with Crippen molar-refractivity contribution < 1.29 is 14.3 Å². The molecular weight excluding hydrogens is 272 g/mol. The SMILES string of the molecule is CCOC(Cc1ccc(Br)cc1)C(=O)OC. The lowest BCUT2D eigenvalue weighted by atomic mass is 10.1. The maximum atomic E-state index is 11.4. The third-order valence-electron chi connectivity index (χ3n) is 2.17. The Morgan fingerprint density at radius 3 is 2.50 bits per heavy atom. The van der Waals surface area contributed by atoms with Gasteiger partial charge in [-0.3, -0.25) is 0 Å². The molecule has 0 radical (unpaired) electrons. The maximum absolute atomic E-state index is 11.4. The van der Waals surface area contributed by atoms with E-state index in [1.165, 1.54) is 7.11 Å². The summed E-state index contributed by atoms with van der Waals surface area (Å²) in [6.07, 6.45) is 0.0181. The molecule has 0 bridgehead atoms. The summed E-state index contributed by atoms with van der Waals surface area (Å²) in [6, 6.07) is 7.79. The number of hydrogen-bond donors (Lipinski definition) is 0. The van der Waals surface area contributed by atoms with Gasteiger partial charge >= 0.3 is 5.97 Å². The van der Waals surface area contributed by atoms with Gasteiger partial charge < -0.3 is 9.47 Å². The Hall–Kier alpha value is -0.870. The van der Waals surface area contributed by atoms with Crippen LogP contribution in [0.15, 0.2) is 28.7 Å². The highest BCUT2D eigenvalue weighted by molar-refractivity contribution is 9.10. The van der Waals surface area contributed by atoms with Crippen LogP contribution in [0, 0.1) is 0 Å². The van der Waals surface area contributed by atoms with Crippen molar-refractivity contribution in [1.29, 1.82) is 0 Å². The quantitative estimate of drug-likeness (QED) is 0.781. The molecule has 88 valence electrons. The summed E-state index contributed by atoms with van der Waals surface area (Å²) in [4.78, 5) is 11.4. The normalized spacial score (nSPS) is 12.2. The Morgan fingerprint density at radius 2 is 2.00 bits per heavy atom. The smallest absolute Gasteiger partial charge is 0.335 e. The number of ether oxygens (including phenoxy) is 2.